The van der Waals surface area contributed by atoms with Gasteiger partial charge in [-0.25, -0.2) is 9.37 Å². The number of fused-ring (bicyclic) bond motifs is 2. The van der Waals surface area contributed by atoms with Gasteiger partial charge in [-0.1, -0.05) is 26.8 Å². The van der Waals surface area contributed by atoms with Gasteiger partial charge in [0.05, 0.1) is 6.54 Å². The molecule has 0 atom stereocenters. The number of hydrogen-bond donors (Lipinski definition) is 1. The Kier molecular flexibility index (Phi) is 5.67. The number of aromatic nitrogens is 2. The van der Waals surface area contributed by atoms with Gasteiger partial charge in [-0.05, 0) is 67.7 Å². The van der Waals surface area contributed by atoms with E-state index in [1.165, 1.54) is 18.6 Å². The lowest BCUT2D eigenvalue weighted by molar-refractivity contribution is 0.229. The van der Waals surface area contributed by atoms with E-state index in [0.29, 0.717) is 5.92 Å². The molecule has 0 amide bonds. The molecule has 29 heavy (non-hydrogen) atoms. The first-order chi connectivity index (χ1) is 14.0. The van der Waals surface area contributed by atoms with Crippen LogP contribution in [-0.2, 0) is 6.54 Å². The Bertz CT molecular complexity index is 1110. The van der Waals surface area contributed by atoms with E-state index in [4.69, 9.17) is 9.40 Å². The quantitative estimate of drug-likeness (QED) is 0.378. The van der Waals surface area contributed by atoms with Crippen molar-refractivity contribution >= 4 is 22.0 Å². The largest absolute Gasteiger partial charge is 0.439 e. The molecule has 1 N–H and O–H groups in total. The fraction of sp³-hybridized carbons (Fsp3) is 0.375. The van der Waals surface area contributed by atoms with E-state index in [1.54, 1.807) is 0 Å². The van der Waals surface area contributed by atoms with Crippen LogP contribution in [0.3, 0.4) is 0 Å². The summed E-state index contributed by atoms with van der Waals surface area (Å²) < 4.78 is 19.6. The van der Waals surface area contributed by atoms with Crippen LogP contribution in [0.25, 0.3) is 33.1 Å². The van der Waals surface area contributed by atoms with Gasteiger partial charge in [0.2, 0.25) is 5.89 Å². The number of halogens is 1. The molecule has 152 valence electrons. The molecule has 0 bridgehead atoms. The van der Waals surface area contributed by atoms with E-state index in [-0.39, 0.29) is 5.82 Å². The SMILES string of the molecule is CCCN(CCC(C)C)Cc1nc2ccc(-c3c[nH]c4cc(F)ccc34)cc2o1. The molecule has 0 unspecified atom stereocenters. The maximum absolute atomic E-state index is 13.5. The molecular formula is C24H28FN3O. The fourth-order valence-electron chi connectivity index (χ4n) is 3.76. The summed E-state index contributed by atoms with van der Waals surface area (Å²) in [5, 5.41) is 0.994. The molecule has 0 aliphatic heterocycles. The third-order valence-corrected chi connectivity index (χ3v) is 5.31. The predicted octanol–water partition coefficient (Wildman–Crippen LogP) is 6.37. The number of rotatable bonds is 8. The molecule has 4 aromatic rings. The third kappa shape index (κ3) is 4.35. The van der Waals surface area contributed by atoms with E-state index in [0.717, 1.165) is 65.1 Å². The summed E-state index contributed by atoms with van der Waals surface area (Å²) in [6, 6.07) is 10.9. The Labute approximate surface area is 170 Å². The Morgan fingerprint density at radius 3 is 2.79 bits per heavy atom. The second-order valence-electron chi connectivity index (χ2n) is 8.14. The van der Waals surface area contributed by atoms with Crippen molar-refractivity contribution in [2.45, 2.75) is 40.2 Å². The molecule has 0 fully saturated rings. The first-order valence-electron chi connectivity index (χ1n) is 10.4. The van der Waals surface area contributed by atoms with Gasteiger partial charge in [0.25, 0.3) is 0 Å². The number of hydrogen-bond acceptors (Lipinski definition) is 3. The smallest absolute Gasteiger partial charge is 0.209 e. The van der Waals surface area contributed by atoms with E-state index in [2.05, 4.69) is 30.7 Å². The zero-order valence-electron chi connectivity index (χ0n) is 17.3. The molecule has 0 spiro atoms. The zero-order chi connectivity index (χ0) is 20.4. The van der Waals surface area contributed by atoms with Gasteiger partial charge in [0.1, 0.15) is 11.3 Å². The van der Waals surface area contributed by atoms with E-state index >= 15 is 0 Å². The van der Waals surface area contributed by atoms with Crippen LogP contribution >= 0.6 is 0 Å². The maximum Gasteiger partial charge on any atom is 0.209 e. The van der Waals surface area contributed by atoms with Crippen molar-refractivity contribution in [3.05, 3.63) is 54.3 Å². The molecule has 0 aliphatic carbocycles. The van der Waals surface area contributed by atoms with Gasteiger partial charge in [-0.3, -0.25) is 4.90 Å². The molecule has 0 saturated carbocycles. The highest BCUT2D eigenvalue weighted by Gasteiger charge is 2.14. The Morgan fingerprint density at radius 1 is 1.14 bits per heavy atom. The molecule has 2 aromatic heterocycles. The van der Waals surface area contributed by atoms with Gasteiger partial charge in [-0.15, -0.1) is 0 Å². The molecule has 4 nitrogen and oxygen atoms in total. The summed E-state index contributed by atoms with van der Waals surface area (Å²) in [6.45, 7) is 9.54. The van der Waals surface area contributed by atoms with Crippen molar-refractivity contribution in [2.24, 2.45) is 5.92 Å². The third-order valence-electron chi connectivity index (χ3n) is 5.31. The maximum atomic E-state index is 13.5. The van der Waals surface area contributed by atoms with Crippen LogP contribution in [0.15, 0.2) is 47.0 Å². The lowest BCUT2D eigenvalue weighted by Crippen LogP contribution is -2.26. The predicted molar refractivity (Wildman–Crippen MR) is 116 cm³/mol. The number of oxazole rings is 1. The summed E-state index contributed by atoms with van der Waals surface area (Å²) in [6.07, 6.45) is 4.20. The summed E-state index contributed by atoms with van der Waals surface area (Å²) >= 11 is 0. The Morgan fingerprint density at radius 2 is 2.00 bits per heavy atom. The first-order valence-corrected chi connectivity index (χ1v) is 10.4. The van der Waals surface area contributed by atoms with Crippen LogP contribution in [0.2, 0.25) is 0 Å². The normalized spacial score (nSPS) is 12.1. The number of H-pyrrole nitrogens is 1. The standard InChI is InChI=1S/C24H28FN3O/c1-4-10-28(11-9-16(2)3)15-24-27-21-8-5-17(12-23(21)29-24)20-14-26-22-13-18(25)6-7-19(20)22/h5-8,12-14,16,26H,4,9-11,15H2,1-3H3. The summed E-state index contributed by atoms with van der Waals surface area (Å²) in [5.74, 6) is 1.20. The minimum Gasteiger partial charge on any atom is -0.439 e. The Balaban J connectivity index is 1.60. The fourth-order valence-corrected chi connectivity index (χ4v) is 3.76. The van der Waals surface area contributed by atoms with E-state index in [9.17, 15) is 4.39 Å². The number of nitrogens with zero attached hydrogens (tertiary/aromatic N) is 2. The highest BCUT2D eigenvalue weighted by molar-refractivity contribution is 5.97. The van der Waals surface area contributed by atoms with Gasteiger partial charge < -0.3 is 9.40 Å². The second-order valence-corrected chi connectivity index (χ2v) is 8.14. The van der Waals surface area contributed by atoms with E-state index in [1.807, 2.05) is 30.5 Å². The highest BCUT2D eigenvalue weighted by Crippen LogP contribution is 2.31. The first kappa shape index (κ1) is 19.6. The highest BCUT2D eigenvalue weighted by atomic mass is 19.1. The molecule has 2 heterocycles. The van der Waals surface area contributed by atoms with Crippen LogP contribution in [0.4, 0.5) is 4.39 Å². The molecule has 2 aromatic carbocycles. The van der Waals surface area contributed by atoms with Crippen molar-refractivity contribution in [3.8, 4) is 11.1 Å². The molecule has 5 heteroatoms. The second kappa shape index (κ2) is 8.37. The number of benzene rings is 2. The minimum atomic E-state index is -0.240. The van der Waals surface area contributed by atoms with Crippen LogP contribution in [0.1, 0.15) is 39.5 Å². The lowest BCUT2D eigenvalue weighted by atomic mass is 10.0. The minimum absolute atomic E-state index is 0.240. The average Bonchev–Trinajstić information content (AvgIpc) is 3.28. The van der Waals surface area contributed by atoms with Crippen molar-refractivity contribution in [2.75, 3.05) is 13.1 Å². The lowest BCUT2D eigenvalue weighted by Gasteiger charge is -2.20. The molecular weight excluding hydrogens is 365 g/mol. The van der Waals surface area contributed by atoms with Gasteiger partial charge in [0.15, 0.2) is 5.58 Å². The number of aromatic amines is 1. The molecule has 0 aliphatic rings. The monoisotopic (exact) mass is 393 g/mol. The van der Waals surface area contributed by atoms with Crippen molar-refractivity contribution in [3.63, 3.8) is 0 Å². The van der Waals surface area contributed by atoms with Crippen molar-refractivity contribution in [1.29, 1.82) is 0 Å². The summed E-state index contributed by atoms with van der Waals surface area (Å²) in [4.78, 5) is 10.3. The van der Waals surface area contributed by atoms with Crippen LogP contribution in [-0.4, -0.2) is 28.0 Å². The van der Waals surface area contributed by atoms with Crippen molar-refractivity contribution in [1.82, 2.24) is 14.9 Å². The summed E-state index contributed by atoms with van der Waals surface area (Å²) in [7, 11) is 0. The van der Waals surface area contributed by atoms with Gasteiger partial charge in [0, 0.05) is 22.7 Å². The zero-order valence-corrected chi connectivity index (χ0v) is 17.3. The summed E-state index contributed by atoms with van der Waals surface area (Å²) in [5.41, 5.74) is 4.51. The van der Waals surface area contributed by atoms with E-state index < -0.39 is 0 Å². The van der Waals surface area contributed by atoms with Crippen LogP contribution in [0, 0.1) is 11.7 Å². The number of nitrogens with one attached hydrogen (secondary N) is 1. The average molecular weight is 394 g/mol. The molecule has 0 radical (unpaired) electrons. The van der Waals surface area contributed by atoms with Gasteiger partial charge in [-0.2, -0.15) is 0 Å². The van der Waals surface area contributed by atoms with Crippen LogP contribution < -0.4 is 0 Å². The Hall–Kier alpha value is -2.66. The topological polar surface area (TPSA) is 45.1 Å². The van der Waals surface area contributed by atoms with Crippen molar-refractivity contribution < 1.29 is 8.81 Å². The molecule has 0 saturated heterocycles. The van der Waals surface area contributed by atoms with Crippen LogP contribution in [0.5, 0.6) is 0 Å². The molecule has 4 rings (SSSR count). The van der Waals surface area contributed by atoms with Gasteiger partial charge >= 0.3 is 0 Å².